The number of aromatic nitrogens is 4. The van der Waals surface area contributed by atoms with Crippen molar-refractivity contribution in [2.24, 2.45) is 0 Å². The highest BCUT2D eigenvalue weighted by molar-refractivity contribution is 5.93. The number of benzene rings is 1. The summed E-state index contributed by atoms with van der Waals surface area (Å²) in [6, 6.07) is 4.87. The van der Waals surface area contributed by atoms with Gasteiger partial charge in [-0.15, -0.1) is 0 Å². The molecule has 0 aliphatic carbocycles. The van der Waals surface area contributed by atoms with Gasteiger partial charge in [0.2, 0.25) is 0 Å². The predicted octanol–water partition coefficient (Wildman–Crippen LogP) is 3.06. The van der Waals surface area contributed by atoms with Gasteiger partial charge in [0.25, 0.3) is 0 Å². The molecular weight excluding hydrogens is 311 g/mol. The Morgan fingerprint density at radius 3 is 3.17 bits per heavy atom. The summed E-state index contributed by atoms with van der Waals surface area (Å²) in [4.78, 5) is 7.78. The minimum atomic E-state index is -0.265. The van der Waals surface area contributed by atoms with Crippen LogP contribution in [-0.2, 0) is 16.1 Å². The molecule has 2 aromatic heterocycles. The van der Waals surface area contributed by atoms with Gasteiger partial charge in [-0.25, -0.2) is 14.1 Å². The number of ether oxygens (including phenoxy) is 2. The van der Waals surface area contributed by atoms with E-state index >= 15 is 0 Å². The van der Waals surface area contributed by atoms with Gasteiger partial charge in [-0.1, -0.05) is 0 Å². The highest BCUT2D eigenvalue weighted by Gasteiger charge is 2.25. The molecule has 0 radical (unpaired) electrons. The van der Waals surface area contributed by atoms with Crippen LogP contribution in [0.2, 0.25) is 0 Å². The average molecular weight is 330 g/mol. The maximum absolute atomic E-state index is 13.4. The Kier molecular flexibility index (Phi) is 4.03. The number of halogens is 1. The van der Waals surface area contributed by atoms with Crippen LogP contribution < -0.4 is 0 Å². The number of aromatic amines is 1. The van der Waals surface area contributed by atoms with Crippen molar-refractivity contribution in [3.05, 3.63) is 36.0 Å². The second-order valence-corrected chi connectivity index (χ2v) is 5.84. The van der Waals surface area contributed by atoms with Crippen molar-refractivity contribution in [2.75, 3.05) is 19.8 Å². The Balaban J connectivity index is 1.80. The van der Waals surface area contributed by atoms with Crippen LogP contribution in [0.25, 0.3) is 22.3 Å². The molecule has 3 heterocycles. The third-order valence-electron chi connectivity index (χ3n) is 4.25. The fraction of sp³-hybridized carbons (Fsp3) is 0.412. The molecule has 1 saturated heterocycles. The largest absolute Gasteiger partial charge is 0.379 e. The summed E-state index contributed by atoms with van der Waals surface area (Å²) >= 11 is 0. The van der Waals surface area contributed by atoms with Crippen LogP contribution >= 0.6 is 0 Å². The van der Waals surface area contributed by atoms with Crippen molar-refractivity contribution in [2.45, 2.75) is 26.0 Å². The topological polar surface area (TPSA) is 65.0 Å². The van der Waals surface area contributed by atoms with E-state index < -0.39 is 0 Å². The quantitative estimate of drug-likeness (QED) is 0.781. The number of fused-ring (bicyclic) bond motifs is 1. The maximum Gasteiger partial charge on any atom is 0.176 e. The van der Waals surface area contributed by atoms with Crippen molar-refractivity contribution >= 4 is 10.9 Å². The van der Waals surface area contributed by atoms with Crippen LogP contribution in [0.3, 0.4) is 0 Å². The first-order chi connectivity index (χ1) is 11.8. The van der Waals surface area contributed by atoms with E-state index in [-0.39, 0.29) is 11.9 Å². The third-order valence-corrected chi connectivity index (χ3v) is 4.25. The fourth-order valence-electron chi connectivity index (χ4n) is 3.06. The molecule has 1 aromatic carbocycles. The molecule has 0 bridgehead atoms. The molecule has 1 unspecified atom stereocenters. The SMILES string of the molecule is CCOCc1nc(-c2c[nH]c3cc(F)ccc23)n(C2CCOC2)n1. The molecule has 24 heavy (non-hydrogen) atoms. The van der Waals surface area contributed by atoms with Gasteiger partial charge >= 0.3 is 0 Å². The molecule has 1 fully saturated rings. The Morgan fingerprint density at radius 1 is 1.46 bits per heavy atom. The van der Waals surface area contributed by atoms with Crippen LogP contribution in [-0.4, -0.2) is 39.6 Å². The highest BCUT2D eigenvalue weighted by atomic mass is 19.1. The molecule has 6 nitrogen and oxygen atoms in total. The van der Waals surface area contributed by atoms with E-state index in [0.29, 0.717) is 25.6 Å². The Bertz CT molecular complexity index is 852. The zero-order valence-electron chi connectivity index (χ0n) is 13.5. The first kappa shape index (κ1) is 15.3. The van der Waals surface area contributed by atoms with Crippen molar-refractivity contribution in [1.29, 1.82) is 0 Å². The van der Waals surface area contributed by atoms with Gasteiger partial charge in [-0.05, 0) is 31.5 Å². The van der Waals surface area contributed by atoms with Crippen LogP contribution in [0.5, 0.6) is 0 Å². The van der Waals surface area contributed by atoms with Crippen LogP contribution in [0.1, 0.15) is 25.2 Å². The summed E-state index contributed by atoms with van der Waals surface area (Å²) < 4.78 is 26.3. The minimum Gasteiger partial charge on any atom is -0.379 e. The van der Waals surface area contributed by atoms with Crippen LogP contribution in [0, 0.1) is 5.82 Å². The van der Waals surface area contributed by atoms with Gasteiger partial charge in [0.05, 0.1) is 12.6 Å². The predicted molar refractivity (Wildman–Crippen MR) is 87.1 cm³/mol. The zero-order chi connectivity index (χ0) is 16.5. The Labute approximate surface area is 138 Å². The van der Waals surface area contributed by atoms with Gasteiger partial charge in [0.1, 0.15) is 12.4 Å². The van der Waals surface area contributed by atoms with E-state index in [2.05, 4.69) is 15.1 Å². The lowest BCUT2D eigenvalue weighted by atomic mass is 10.1. The van der Waals surface area contributed by atoms with E-state index in [1.54, 1.807) is 6.07 Å². The van der Waals surface area contributed by atoms with E-state index in [1.807, 2.05) is 17.8 Å². The third kappa shape index (κ3) is 2.70. The summed E-state index contributed by atoms with van der Waals surface area (Å²) in [5.41, 5.74) is 1.65. The summed E-state index contributed by atoms with van der Waals surface area (Å²) in [5.74, 6) is 1.15. The Hall–Kier alpha value is -2.25. The van der Waals surface area contributed by atoms with Crippen molar-refractivity contribution < 1.29 is 13.9 Å². The van der Waals surface area contributed by atoms with Crippen LogP contribution in [0.15, 0.2) is 24.4 Å². The average Bonchev–Trinajstić information content (AvgIpc) is 3.30. The molecule has 1 aliphatic heterocycles. The molecule has 0 saturated carbocycles. The molecule has 1 N–H and O–H groups in total. The van der Waals surface area contributed by atoms with Crippen molar-refractivity contribution in [1.82, 2.24) is 19.7 Å². The zero-order valence-corrected chi connectivity index (χ0v) is 13.5. The number of nitrogens with one attached hydrogen (secondary N) is 1. The maximum atomic E-state index is 13.4. The van der Waals surface area contributed by atoms with E-state index in [1.165, 1.54) is 12.1 Å². The second kappa shape index (κ2) is 6.33. The lowest BCUT2D eigenvalue weighted by Gasteiger charge is -2.10. The molecule has 4 rings (SSSR count). The molecule has 1 aliphatic rings. The number of H-pyrrole nitrogens is 1. The molecule has 126 valence electrons. The molecule has 1 atom stereocenters. The van der Waals surface area contributed by atoms with Crippen LogP contribution in [0.4, 0.5) is 4.39 Å². The second-order valence-electron chi connectivity index (χ2n) is 5.84. The molecule has 0 amide bonds. The molecular formula is C17H19FN4O2. The summed E-state index contributed by atoms with van der Waals surface area (Å²) in [6.45, 7) is 4.28. The number of hydrogen-bond acceptors (Lipinski definition) is 4. The number of rotatable bonds is 5. The van der Waals surface area contributed by atoms with Gasteiger partial charge in [0.15, 0.2) is 11.6 Å². The standard InChI is InChI=1S/C17H19FN4O2/c1-2-23-10-16-20-17(22(21-16)12-5-6-24-9-12)14-8-19-15-7-11(18)3-4-13(14)15/h3-4,7-8,12,19H,2,5-6,9-10H2,1H3. The van der Waals surface area contributed by atoms with Gasteiger partial charge in [-0.3, -0.25) is 0 Å². The lowest BCUT2D eigenvalue weighted by molar-refractivity contribution is 0.127. The highest BCUT2D eigenvalue weighted by Crippen LogP contribution is 2.31. The monoisotopic (exact) mass is 330 g/mol. The van der Waals surface area contributed by atoms with Crippen molar-refractivity contribution in [3.63, 3.8) is 0 Å². The first-order valence-electron chi connectivity index (χ1n) is 8.14. The first-order valence-corrected chi connectivity index (χ1v) is 8.14. The molecule has 3 aromatic rings. The Morgan fingerprint density at radius 2 is 2.38 bits per heavy atom. The smallest absolute Gasteiger partial charge is 0.176 e. The van der Waals surface area contributed by atoms with E-state index in [9.17, 15) is 4.39 Å². The van der Waals surface area contributed by atoms with Gasteiger partial charge in [-0.2, -0.15) is 5.10 Å². The summed E-state index contributed by atoms with van der Waals surface area (Å²) in [5, 5.41) is 5.55. The van der Waals surface area contributed by atoms with Crippen molar-refractivity contribution in [3.8, 4) is 11.4 Å². The van der Waals surface area contributed by atoms with Gasteiger partial charge < -0.3 is 14.5 Å². The normalized spacial score (nSPS) is 17.8. The summed E-state index contributed by atoms with van der Waals surface area (Å²) in [6.07, 6.45) is 2.76. The van der Waals surface area contributed by atoms with E-state index in [4.69, 9.17) is 9.47 Å². The van der Waals surface area contributed by atoms with E-state index in [0.717, 1.165) is 35.3 Å². The lowest BCUT2D eigenvalue weighted by Crippen LogP contribution is -2.12. The van der Waals surface area contributed by atoms with Gasteiger partial charge in [0, 0.05) is 35.9 Å². The summed E-state index contributed by atoms with van der Waals surface area (Å²) in [7, 11) is 0. The fourth-order valence-corrected chi connectivity index (χ4v) is 3.06. The molecule has 7 heteroatoms. The molecule has 0 spiro atoms. The number of hydrogen-bond donors (Lipinski definition) is 1. The number of nitrogens with zero attached hydrogens (tertiary/aromatic N) is 3. The minimum absolute atomic E-state index is 0.160.